The third kappa shape index (κ3) is 10.4. The summed E-state index contributed by atoms with van der Waals surface area (Å²) in [4.78, 5) is 23.0. The first kappa shape index (κ1) is 21.6. The van der Waals surface area contributed by atoms with Crippen LogP contribution in [0, 0.1) is 17.8 Å². The van der Waals surface area contributed by atoms with Crippen molar-refractivity contribution in [2.75, 3.05) is 0 Å². The van der Waals surface area contributed by atoms with E-state index >= 15 is 0 Å². The van der Waals surface area contributed by atoms with Crippen LogP contribution in [-0.2, 0) is 14.0 Å². The average molecular weight is 349 g/mol. The van der Waals surface area contributed by atoms with E-state index in [1.165, 1.54) is 0 Å². The molecule has 0 aromatic carbocycles. The number of carbonyl (C=O) groups is 2. The molecule has 5 heteroatoms. The molecule has 0 atom stereocenters. The van der Waals surface area contributed by atoms with E-state index < -0.39 is 8.32 Å². The summed E-state index contributed by atoms with van der Waals surface area (Å²) in [7, 11) is -2.09. The summed E-state index contributed by atoms with van der Waals surface area (Å²) < 4.78 is 6.10. The maximum Gasteiger partial charge on any atom is 0.292 e. The van der Waals surface area contributed by atoms with Crippen LogP contribution >= 0.6 is 11.6 Å². The molecule has 0 heterocycles. The SMILES string of the molecule is CC(C)C[Si](CC(C)C)(CC(C)C)OC(=O)CCCC(=O)Cl. The molecule has 0 bridgehead atoms. The molecule has 0 aliphatic heterocycles. The zero-order chi connectivity index (χ0) is 17.3. The Morgan fingerprint density at radius 3 is 1.59 bits per heavy atom. The Hall–Kier alpha value is -0.353. The van der Waals surface area contributed by atoms with Crippen molar-refractivity contribution in [1.29, 1.82) is 0 Å². The van der Waals surface area contributed by atoms with Gasteiger partial charge < -0.3 is 4.43 Å². The van der Waals surface area contributed by atoms with E-state index in [4.69, 9.17) is 16.0 Å². The quantitative estimate of drug-likeness (QED) is 0.372. The first-order chi connectivity index (χ1) is 10.1. The van der Waals surface area contributed by atoms with E-state index in [1.54, 1.807) is 0 Å². The molecule has 0 spiro atoms. The average Bonchev–Trinajstić information content (AvgIpc) is 2.23. The molecule has 0 aliphatic rings. The minimum Gasteiger partial charge on any atom is -0.519 e. The molecule has 0 aromatic heterocycles. The van der Waals surface area contributed by atoms with Gasteiger partial charge in [-0.3, -0.25) is 9.59 Å². The fourth-order valence-corrected chi connectivity index (χ4v) is 9.20. The van der Waals surface area contributed by atoms with Crippen molar-refractivity contribution in [3.8, 4) is 0 Å². The standard InChI is InChI=1S/C17H33ClO3Si/c1-13(2)10-22(11-14(3)4,12-15(5)6)21-17(20)9-7-8-16(18)19/h13-15H,7-12H2,1-6H3. The van der Waals surface area contributed by atoms with Crippen LogP contribution in [0.4, 0.5) is 0 Å². The van der Waals surface area contributed by atoms with Crippen LogP contribution in [0.15, 0.2) is 0 Å². The molecule has 130 valence electrons. The van der Waals surface area contributed by atoms with Gasteiger partial charge in [-0.15, -0.1) is 0 Å². The van der Waals surface area contributed by atoms with Crippen molar-refractivity contribution in [3.63, 3.8) is 0 Å². The van der Waals surface area contributed by atoms with Crippen LogP contribution in [-0.4, -0.2) is 19.5 Å². The molecule has 0 radical (unpaired) electrons. The van der Waals surface area contributed by atoms with Gasteiger partial charge in [-0.25, -0.2) is 0 Å². The van der Waals surface area contributed by atoms with E-state index in [0.29, 0.717) is 30.6 Å². The second-order valence-electron chi connectivity index (χ2n) is 7.66. The van der Waals surface area contributed by atoms with E-state index in [9.17, 15) is 9.59 Å². The van der Waals surface area contributed by atoms with Crippen LogP contribution in [0.2, 0.25) is 18.1 Å². The van der Waals surface area contributed by atoms with Crippen LogP contribution in [0.5, 0.6) is 0 Å². The van der Waals surface area contributed by atoms with Gasteiger partial charge in [-0.05, 0) is 53.9 Å². The van der Waals surface area contributed by atoms with Crippen molar-refractivity contribution >= 4 is 31.1 Å². The highest BCUT2D eigenvalue weighted by Crippen LogP contribution is 2.33. The van der Waals surface area contributed by atoms with Gasteiger partial charge in [0.25, 0.3) is 14.3 Å². The van der Waals surface area contributed by atoms with Gasteiger partial charge in [-0.2, -0.15) is 0 Å². The fourth-order valence-electron chi connectivity index (χ4n) is 3.27. The highest BCUT2D eigenvalue weighted by Gasteiger charge is 2.40. The molecule has 0 saturated heterocycles. The Kier molecular flexibility index (Phi) is 10.3. The summed E-state index contributed by atoms with van der Waals surface area (Å²) in [6.07, 6.45) is 1.02. The predicted octanol–water partition coefficient (Wildman–Crippen LogP) is 5.38. The molecule has 3 nitrogen and oxygen atoms in total. The van der Waals surface area contributed by atoms with E-state index in [2.05, 4.69) is 41.5 Å². The number of carbonyl (C=O) groups excluding carboxylic acids is 2. The normalized spacial score (nSPS) is 12.3. The van der Waals surface area contributed by atoms with Gasteiger partial charge in [-0.1, -0.05) is 41.5 Å². The molecular weight excluding hydrogens is 316 g/mol. The monoisotopic (exact) mass is 348 g/mol. The minimum atomic E-state index is -2.09. The summed E-state index contributed by atoms with van der Waals surface area (Å²) >= 11 is 5.32. The van der Waals surface area contributed by atoms with Crippen molar-refractivity contribution in [1.82, 2.24) is 0 Å². The van der Waals surface area contributed by atoms with Crippen LogP contribution in [0.25, 0.3) is 0 Å². The second-order valence-corrected chi connectivity index (χ2v) is 11.9. The molecule has 0 amide bonds. The lowest BCUT2D eigenvalue weighted by atomic mass is 10.2. The number of rotatable bonds is 11. The summed E-state index contributed by atoms with van der Waals surface area (Å²) in [6.45, 7) is 13.2. The van der Waals surface area contributed by atoms with Crippen LogP contribution in [0.3, 0.4) is 0 Å². The lowest BCUT2D eigenvalue weighted by Gasteiger charge is -2.35. The highest BCUT2D eigenvalue weighted by molar-refractivity contribution is 6.75. The Morgan fingerprint density at radius 1 is 0.864 bits per heavy atom. The van der Waals surface area contributed by atoms with Gasteiger partial charge >= 0.3 is 0 Å². The van der Waals surface area contributed by atoms with Gasteiger partial charge in [0.05, 0.1) is 0 Å². The third-order valence-electron chi connectivity index (χ3n) is 3.43. The predicted molar refractivity (Wildman–Crippen MR) is 95.5 cm³/mol. The molecule has 0 N–H and O–H groups in total. The van der Waals surface area contributed by atoms with Crippen molar-refractivity contribution < 1.29 is 14.0 Å². The maximum atomic E-state index is 12.2. The third-order valence-corrected chi connectivity index (χ3v) is 8.96. The first-order valence-corrected chi connectivity index (χ1v) is 11.4. The topological polar surface area (TPSA) is 43.4 Å². The second kappa shape index (κ2) is 10.4. The number of hydrogen-bond donors (Lipinski definition) is 0. The number of halogens is 1. The van der Waals surface area contributed by atoms with E-state index in [0.717, 1.165) is 18.1 Å². The number of hydrogen-bond acceptors (Lipinski definition) is 3. The minimum absolute atomic E-state index is 0.147. The Labute approximate surface area is 142 Å². The Morgan fingerprint density at radius 2 is 1.27 bits per heavy atom. The van der Waals surface area contributed by atoms with Crippen molar-refractivity contribution in [2.24, 2.45) is 17.8 Å². The first-order valence-electron chi connectivity index (χ1n) is 8.46. The zero-order valence-corrected chi connectivity index (χ0v) is 16.8. The summed E-state index contributed by atoms with van der Waals surface area (Å²) in [5.41, 5.74) is 0. The molecular formula is C17H33ClO3Si. The molecule has 0 saturated carbocycles. The molecule has 0 fully saturated rings. The fraction of sp³-hybridized carbons (Fsp3) is 0.882. The lowest BCUT2D eigenvalue weighted by Crippen LogP contribution is -2.44. The van der Waals surface area contributed by atoms with Crippen LogP contribution in [0.1, 0.15) is 60.8 Å². The van der Waals surface area contributed by atoms with Gasteiger partial charge in [0.1, 0.15) is 0 Å². The van der Waals surface area contributed by atoms with Gasteiger partial charge in [0, 0.05) is 12.8 Å². The summed E-state index contributed by atoms with van der Waals surface area (Å²) in [5, 5.41) is -0.386. The van der Waals surface area contributed by atoms with E-state index in [-0.39, 0.29) is 17.6 Å². The van der Waals surface area contributed by atoms with Crippen molar-refractivity contribution in [3.05, 3.63) is 0 Å². The molecule has 22 heavy (non-hydrogen) atoms. The van der Waals surface area contributed by atoms with Gasteiger partial charge in [0.2, 0.25) is 5.24 Å². The van der Waals surface area contributed by atoms with Gasteiger partial charge in [0.15, 0.2) is 0 Å². The molecule has 0 unspecified atom stereocenters. The highest BCUT2D eigenvalue weighted by atomic mass is 35.5. The zero-order valence-electron chi connectivity index (χ0n) is 15.1. The molecule has 0 rings (SSSR count). The summed E-state index contributed by atoms with van der Waals surface area (Å²) in [5.74, 6) is 1.44. The smallest absolute Gasteiger partial charge is 0.292 e. The largest absolute Gasteiger partial charge is 0.519 e. The maximum absolute atomic E-state index is 12.2. The Balaban J connectivity index is 4.92. The summed E-state index contributed by atoms with van der Waals surface area (Å²) in [6, 6.07) is 3.05. The lowest BCUT2D eigenvalue weighted by molar-refractivity contribution is -0.135. The molecule has 0 aliphatic carbocycles. The molecule has 0 aromatic rings. The van der Waals surface area contributed by atoms with E-state index in [1.807, 2.05) is 0 Å². The van der Waals surface area contributed by atoms with Crippen LogP contribution < -0.4 is 0 Å². The Bertz CT molecular complexity index is 327. The van der Waals surface area contributed by atoms with Crippen molar-refractivity contribution in [2.45, 2.75) is 78.9 Å².